The lowest BCUT2D eigenvalue weighted by Gasteiger charge is -2.31. The molecule has 1 aliphatic rings. The number of ether oxygens (including phenoxy) is 1. The molecule has 0 bridgehead atoms. The summed E-state index contributed by atoms with van der Waals surface area (Å²) in [5.74, 6) is 0.734. The summed E-state index contributed by atoms with van der Waals surface area (Å²) in [6.45, 7) is 4.41. The Balaban J connectivity index is 0.00000192. The van der Waals surface area contributed by atoms with Crippen LogP contribution >= 0.6 is 23.7 Å². The molecule has 23 heavy (non-hydrogen) atoms. The third-order valence-electron chi connectivity index (χ3n) is 3.83. The van der Waals surface area contributed by atoms with Crippen LogP contribution in [0.3, 0.4) is 0 Å². The second-order valence-electron chi connectivity index (χ2n) is 5.48. The van der Waals surface area contributed by atoms with Gasteiger partial charge in [-0.25, -0.2) is 0 Å². The molecule has 1 aliphatic heterocycles. The van der Waals surface area contributed by atoms with E-state index >= 15 is 0 Å². The summed E-state index contributed by atoms with van der Waals surface area (Å²) in [4.78, 5) is 16.5. The summed E-state index contributed by atoms with van der Waals surface area (Å²) in [6, 6.07) is 12.4. The largest absolute Gasteiger partial charge is 0.495 e. The Hall–Kier alpha value is -1.56. The number of nitrogens with one attached hydrogen (secondary N) is 1. The third kappa shape index (κ3) is 3.86. The molecule has 1 aromatic heterocycles. The summed E-state index contributed by atoms with van der Waals surface area (Å²) in [7, 11) is 1.62. The number of piperazine rings is 1. The standard InChI is InChI=1S/C17H20N2O2S.ClH/c1-12-11-19(9-8-18-12)17(20)16-14(21-2)10-15(22-16)13-6-4-3-5-7-13;/h3-7,10,12,18H,8-9,11H2,1-2H3;1H. The minimum Gasteiger partial charge on any atom is -0.495 e. The maximum atomic E-state index is 12.8. The third-order valence-corrected chi connectivity index (χ3v) is 4.98. The molecule has 3 rings (SSSR count). The Morgan fingerprint density at radius 1 is 1.35 bits per heavy atom. The highest BCUT2D eigenvalue weighted by atomic mass is 35.5. The monoisotopic (exact) mass is 352 g/mol. The van der Waals surface area contributed by atoms with E-state index in [0.29, 0.717) is 16.7 Å². The molecule has 1 unspecified atom stereocenters. The van der Waals surface area contributed by atoms with Crippen LogP contribution in [0.15, 0.2) is 36.4 Å². The summed E-state index contributed by atoms with van der Waals surface area (Å²) >= 11 is 1.50. The van der Waals surface area contributed by atoms with Gasteiger partial charge in [-0.1, -0.05) is 30.3 Å². The number of carbonyl (C=O) groups is 1. The van der Waals surface area contributed by atoms with Crippen LogP contribution in [0.25, 0.3) is 10.4 Å². The van der Waals surface area contributed by atoms with Crippen molar-refractivity contribution in [1.29, 1.82) is 0 Å². The SMILES string of the molecule is COc1cc(-c2ccccc2)sc1C(=O)N1CCNC(C)C1.Cl. The zero-order valence-electron chi connectivity index (χ0n) is 13.2. The molecule has 1 saturated heterocycles. The number of hydrogen-bond donors (Lipinski definition) is 1. The first-order valence-electron chi connectivity index (χ1n) is 7.45. The van der Waals surface area contributed by atoms with E-state index in [1.165, 1.54) is 11.3 Å². The van der Waals surface area contributed by atoms with Gasteiger partial charge in [0.1, 0.15) is 10.6 Å². The second-order valence-corrected chi connectivity index (χ2v) is 6.53. The Kier molecular flexibility index (Phi) is 6.04. The van der Waals surface area contributed by atoms with Gasteiger partial charge in [-0.2, -0.15) is 0 Å². The predicted octanol–water partition coefficient (Wildman–Crippen LogP) is 3.28. The van der Waals surface area contributed by atoms with Crippen LogP contribution in [0.1, 0.15) is 16.6 Å². The summed E-state index contributed by atoms with van der Waals surface area (Å²) in [6.07, 6.45) is 0. The van der Waals surface area contributed by atoms with Crippen molar-refractivity contribution in [2.75, 3.05) is 26.7 Å². The number of nitrogens with zero attached hydrogens (tertiary/aromatic N) is 1. The second kappa shape index (κ2) is 7.81. The van der Waals surface area contributed by atoms with E-state index in [4.69, 9.17) is 4.74 Å². The average Bonchev–Trinajstić information content (AvgIpc) is 2.99. The van der Waals surface area contributed by atoms with Crippen molar-refractivity contribution in [3.8, 4) is 16.2 Å². The molecule has 1 amide bonds. The smallest absolute Gasteiger partial charge is 0.267 e. The number of carbonyl (C=O) groups excluding carboxylic acids is 1. The molecule has 1 atom stereocenters. The van der Waals surface area contributed by atoms with Crippen molar-refractivity contribution in [1.82, 2.24) is 10.2 Å². The van der Waals surface area contributed by atoms with Gasteiger partial charge in [-0.15, -0.1) is 23.7 Å². The van der Waals surface area contributed by atoms with Gasteiger partial charge >= 0.3 is 0 Å². The van der Waals surface area contributed by atoms with Crippen LogP contribution in [0.2, 0.25) is 0 Å². The van der Waals surface area contributed by atoms with Crippen molar-refractivity contribution in [3.63, 3.8) is 0 Å². The van der Waals surface area contributed by atoms with Gasteiger partial charge in [0.2, 0.25) is 0 Å². The van der Waals surface area contributed by atoms with E-state index in [9.17, 15) is 4.79 Å². The van der Waals surface area contributed by atoms with Crippen molar-refractivity contribution < 1.29 is 9.53 Å². The van der Waals surface area contributed by atoms with E-state index in [0.717, 1.165) is 30.1 Å². The summed E-state index contributed by atoms with van der Waals surface area (Å²) in [5.41, 5.74) is 1.11. The molecule has 2 aromatic rings. The zero-order chi connectivity index (χ0) is 15.5. The molecule has 2 heterocycles. The van der Waals surface area contributed by atoms with Gasteiger partial charge in [-0.3, -0.25) is 4.79 Å². The lowest BCUT2D eigenvalue weighted by molar-refractivity contribution is 0.0711. The van der Waals surface area contributed by atoms with Gasteiger partial charge in [0.25, 0.3) is 5.91 Å². The van der Waals surface area contributed by atoms with Gasteiger partial charge in [0.15, 0.2) is 0 Å². The maximum absolute atomic E-state index is 12.8. The van der Waals surface area contributed by atoms with Crippen LogP contribution in [-0.4, -0.2) is 43.6 Å². The highest BCUT2D eigenvalue weighted by molar-refractivity contribution is 7.17. The number of benzene rings is 1. The van der Waals surface area contributed by atoms with Crippen molar-refractivity contribution >= 4 is 29.7 Å². The highest BCUT2D eigenvalue weighted by Crippen LogP contribution is 2.37. The Morgan fingerprint density at radius 3 is 2.74 bits per heavy atom. The zero-order valence-corrected chi connectivity index (χ0v) is 14.9. The molecule has 124 valence electrons. The van der Waals surface area contributed by atoms with Crippen LogP contribution in [-0.2, 0) is 0 Å². The minimum atomic E-state index is 0. The van der Waals surface area contributed by atoms with Crippen LogP contribution in [0.4, 0.5) is 0 Å². The predicted molar refractivity (Wildman–Crippen MR) is 96.9 cm³/mol. The first-order chi connectivity index (χ1) is 10.7. The maximum Gasteiger partial charge on any atom is 0.267 e. The van der Waals surface area contributed by atoms with Crippen LogP contribution in [0.5, 0.6) is 5.75 Å². The highest BCUT2D eigenvalue weighted by Gasteiger charge is 2.26. The van der Waals surface area contributed by atoms with E-state index in [1.807, 2.05) is 41.3 Å². The van der Waals surface area contributed by atoms with Crippen LogP contribution in [0, 0.1) is 0 Å². The van der Waals surface area contributed by atoms with E-state index < -0.39 is 0 Å². The summed E-state index contributed by atoms with van der Waals surface area (Å²) in [5, 5.41) is 3.36. The van der Waals surface area contributed by atoms with Crippen molar-refractivity contribution in [2.24, 2.45) is 0 Å². The molecule has 1 aromatic carbocycles. The molecule has 6 heteroatoms. The molecule has 1 N–H and O–H groups in total. The van der Waals surface area contributed by atoms with Crippen molar-refractivity contribution in [2.45, 2.75) is 13.0 Å². The number of methoxy groups -OCH3 is 1. The fourth-order valence-corrected chi connectivity index (χ4v) is 3.78. The summed E-state index contributed by atoms with van der Waals surface area (Å²) < 4.78 is 5.43. The molecule has 0 aliphatic carbocycles. The number of halogens is 1. The molecular formula is C17H21ClN2O2S. The van der Waals surface area contributed by atoms with E-state index in [1.54, 1.807) is 7.11 Å². The number of hydrogen-bond acceptors (Lipinski definition) is 4. The van der Waals surface area contributed by atoms with Gasteiger partial charge in [0.05, 0.1) is 7.11 Å². The van der Waals surface area contributed by atoms with Gasteiger partial charge < -0.3 is 15.0 Å². The van der Waals surface area contributed by atoms with E-state index in [-0.39, 0.29) is 18.3 Å². The molecular weight excluding hydrogens is 332 g/mol. The number of rotatable bonds is 3. The molecule has 0 spiro atoms. The fourth-order valence-electron chi connectivity index (χ4n) is 2.68. The molecule has 0 radical (unpaired) electrons. The fraction of sp³-hybridized carbons (Fsp3) is 0.353. The van der Waals surface area contributed by atoms with Crippen molar-refractivity contribution in [3.05, 3.63) is 41.3 Å². The minimum absolute atomic E-state index is 0. The Morgan fingerprint density at radius 2 is 2.09 bits per heavy atom. The van der Waals surface area contributed by atoms with Gasteiger partial charge in [-0.05, 0) is 18.6 Å². The van der Waals surface area contributed by atoms with E-state index in [2.05, 4.69) is 12.2 Å². The normalized spacial score (nSPS) is 17.5. The molecule has 1 fully saturated rings. The topological polar surface area (TPSA) is 41.6 Å². The first kappa shape index (κ1) is 17.8. The van der Waals surface area contributed by atoms with Crippen LogP contribution < -0.4 is 10.1 Å². The molecule has 0 saturated carbocycles. The Bertz CT molecular complexity index is 660. The average molecular weight is 353 g/mol. The first-order valence-corrected chi connectivity index (χ1v) is 8.26. The Labute approximate surface area is 146 Å². The lowest BCUT2D eigenvalue weighted by atomic mass is 10.2. The quantitative estimate of drug-likeness (QED) is 0.921. The number of amides is 1. The van der Waals surface area contributed by atoms with Gasteiger partial charge in [0, 0.05) is 30.6 Å². The molecule has 4 nitrogen and oxygen atoms in total. The number of thiophene rings is 1. The lowest BCUT2D eigenvalue weighted by Crippen LogP contribution is -2.51.